The van der Waals surface area contributed by atoms with E-state index >= 15 is 0 Å². The molecule has 1 aromatic rings. The third-order valence-corrected chi connectivity index (χ3v) is 2.41. The van der Waals surface area contributed by atoms with Gasteiger partial charge in [-0.05, 0) is 18.7 Å². The molecule has 14 heavy (non-hydrogen) atoms. The number of rotatable bonds is 6. The van der Waals surface area contributed by atoms with Crippen LogP contribution in [0.3, 0.4) is 0 Å². The largest absolute Gasteiger partial charge is 0.468 e. The molecule has 0 amide bonds. The summed E-state index contributed by atoms with van der Waals surface area (Å²) in [5.74, 6) is 1.18. The molecule has 1 aromatic heterocycles. The molecule has 1 heterocycles. The molecular formula is C10H16ClNO2. The Morgan fingerprint density at radius 2 is 2.43 bits per heavy atom. The van der Waals surface area contributed by atoms with Gasteiger partial charge < -0.3 is 9.52 Å². The van der Waals surface area contributed by atoms with Crippen LogP contribution in [0.15, 0.2) is 22.8 Å². The molecule has 1 N–H and O–H groups in total. The summed E-state index contributed by atoms with van der Waals surface area (Å²) in [7, 11) is 0. The monoisotopic (exact) mass is 217 g/mol. The third kappa shape index (κ3) is 3.70. The maximum Gasteiger partial charge on any atom is 0.117 e. The van der Waals surface area contributed by atoms with Gasteiger partial charge in [-0.2, -0.15) is 0 Å². The highest BCUT2D eigenvalue weighted by atomic mass is 35.5. The number of hydrogen-bond donors (Lipinski definition) is 1. The molecular weight excluding hydrogens is 202 g/mol. The van der Waals surface area contributed by atoms with Crippen molar-refractivity contribution in [3.63, 3.8) is 0 Å². The van der Waals surface area contributed by atoms with Crippen molar-refractivity contribution in [3.05, 3.63) is 24.2 Å². The summed E-state index contributed by atoms with van der Waals surface area (Å²) in [4.78, 5) is 2.09. The number of aliphatic hydroxyl groups excluding tert-OH is 1. The van der Waals surface area contributed by atoms with Crippen LogP contribution in [0.1, 0.15) is 12.7 Å². The molecule has 4 heteroatoms. The number of alkyl halides is 1. The topological polar surface area (TPSA) is 36.6 Å². The van der Waals surface area contributed by atoms with Crippen molar-refractivity contribution >= 4 is 11.6 Å². The second-order valence-corrected chi connectivity index (χ2v) is 3.52. The quantitative estimate of drug-likeness (QED) is 0.737. The molecule has 0 aliphatic heterocycles. The van der Waals surface area contributed by atoms with E-state index in [1.807, 2.05) is 19.1 Å². The van der Waals surface area contributed by atoms with E-state index in [9.17, 15) is 5.11 Å². The molecule has 0 saturated heterocycles. The normalized spacial score (nSPS) is 13.4. The van der Waals surface area contributed by atoms with Crippen LogP contribution in [0.4, 0.5) is 0 Å². The Bertz CT molecular complexity index is 238. The van der Waals surface area contributed by atoms with Crippen LogP contribution in [0.25, 0.3) is 0 Å². The maximum absolute atomic E-state index is 9.38. The van der Waals surface area contributed by atoms with Crippen molar-refractivity contribution in [2.24, 2.45) is 0 Å². The second kappa shape index (κ2) is 6.06. The average Bonchev–Trinajstić information content (AvgIpc) is 2.69. The number of aliphatic hydroxyl groups is 1. The molecule has 0 fully saturated rings. The van der Waals surface area contributed by atoms with Crippen LogP contribution in [-0.2, 0) is 6.54 Å². The molecule has 0 spiro atoms. The van der Waals surface area contributed by atoms with Gasteiger partial charge in [0.1, 0.15) is 5.76 Å². The molecule has 0 aromatic carbocycles. The lowest BCUT2D eigenvalue weighted by atomic mass is 10.3. The Balaban J connectivity index is 2.39. The maximum atomic E-state index is 9.38. The fourth-order valence-corrected chi connectivity index (χ4v) is 1.37. The van der Waals surface area contributed by atoms with E-state index in [2.05, 4.69) is 4.90 Å². The van der Waals surface area contributed by atoms with E-state index < -0.39 is 6.10 Å². The van der Waals surface area contributed by atoms with Crippen LogP contribution in [0, 0.1) is 0 Å². The molecule has 0 aliphatic rings. The summed E-state index contributed by atoms with van der Waals surface area (Å²) in [6, 6.07) is 3.79. The molecule has 0 saturated carbocycles. The van der Waals surface area contributed by atoms with Crippen molar-refractivity contribution < 1.29 is 9.52 Å². The number of likely N-dealkylation sites (N-methyl/N-ethyl adjacent to an activating group) is 1. The SMILES string of the molecule is CCN(Cc1ccco1)CC(O)CCl. The standard InChI is InChI=1S/C10H16ClNO2/c1-2-12(7-9(13)6-11)8-10-4-3-5-14-10/h3-5,9,13H,2,6-8H2,1H3. The zero-order valence-corrected chi connectivity index (χ0v) is 9.07. The zero-order chi connectivity index (χ0) is 10.4. The first-order valence-electron chi connectivity index (χ1n) is 4.75. The highest BCUT2D eigenvalue weighted by Crippen LogP contribution is 2.06. The molecule has 1 rings (SSSR count). The fraction of sp³-hybridized carbons (Fsp3) is 0.600. The minimum absolute atomic E-state index is 0.272. The summed E-state index contributed by atoms with van der Waals surface area (Å²) < 4.78 is 5.22. The summed E-state index contributed by atoms with van der Waals surface area (Å²) in [6.07, 6.45) is 1.19. The van der Waals surface area contributed by atoms with E-state index in [4.69, 9.17) is 16.0 Å². The van der Waals surface area contributed by atoms with Crippen molar-refractivity contribution in [2.45, 2.75) is 19.6 Å². The minimum atomic E-state index is -0.466. The highest BCUT2D eigenvalue weighted by molar-refractivity contribution is 6.18. The van der Waals surface area contributed by atoms with Crippen molar-refractivity contribution in [3.8, 4) is 0 Å². The summed E-state index contributed by atoms with van der Waals surface area (Å²) in [5.41, 5.74) is 0. The number of nitrogens with zero attached hydrogens (tertiary/aromatic N) is 1. The van der Waals surface area contributed by atoms with Crippen molar-refractivity contribution in [1.82, 2.24) is 4.90 Å². The Morgan fingerprint density at radius 3 is 2.93 bits per heavy atom. The van der Waals surface area contributed by atoms with Gasteiger partial charge in [-0.15, -0.1) is 11.6 Å². The van der Waals surface area contributed by atoms with E-state index in [1.54, 1.807) is 6.26 Å². The lowest BCUT2D eigenvalue weighted by Gasteiger charge is -2.21. The van der Waals surface area contributed by atoms with Gasteiger partial charge in [-0.1, -0.05) is 6.92 Å². The van der Waals surface area contributed by atoms with Crippen LogP contribution in [-0.4, -0.2) is 35.1 Å². The van der Waals surface area contributed by atoms with Gasteiger partial charge in [-0.25, -0.2) is 0 Å². The Kier molecular flexibility index (Phi) is 5.01. The molecule has 0 bridgehead atoms. The highest BCUT2D eigenvalue weighted by Gasteiger charge is 2.10. The minimum Gasteiger partial charge on any atom is -0.468 e. The number of halogens is 1. The molecule has 80 valence electrons. The smallest absolute Gasteiger partial charge is 0.117 e. The number of hydrogen-bond acceptors (Lipinski definition) is 3. The predicted molar refractivity (Wildman–Crippen MR) is 56.4 cm³/mol. The molecule has 0 radical (unpaired) electrons. The Morgan fingerprint density at radius 1 is 1.64 bits per heavy atom. The van der Waals surface area contributed by atoms with Crippen LogP contribution < -0.4 is 0 Å². The van der Waals surface area contributed by atoms with Crippen LogP contribution in [0.5, 0.6) is 0 Å². The van der Waals surface area contributed by atoms with Gasteiger partial charge >= 0.3 is 0 Å². The van der Waals surface area contributed by atoms with Crippen LogP contribution in [0.2, 0.25) is 0 Å². The predicted octanol–water partition coefficient (Wildman–Crippen LogP) is 1.70. The van der Waals surface area contributed by atoms with Gasteiger partial charge in [0.25, 0.3) is 0 Å². The van der Waals surface area contributed by atoms with E-state index in [-0.39, 0.29) is 5.88 Å². The Hall–Kier alpha value is -0.510. The van der Waals surface area contributed by atoms with Crippen molar-refractivity contribution in [2.75, 3.05) is 19.0 Å². The molecule has 3 nitrogen and oxygen atoms in total. The van der Waals surface area contributed by atoms with E-state index in [1.165, 1.54) is 0 Å². The summed E-state index contributed by atoms with van der Waals surface area (Å²) in [6.45, 7) is 4.22. The van der Waals surface area contributed by atoms with Gasteiger partial charge in [0.15, 0.2) is 0 Å². The first kappa shape index (κ1) is 11.6. The van der Waals surface area contributed by atoms with Crippen molar-refractivity contribution in [1.29, 1.82) is 0 Å². The lowest BCUT2D eigenvalue weighted by Crippen LogP contribution is -2.32. The van der Waals surface area contributed by atoms with Gasteiger partial charge in [0.05, 0.1) is 18.9 Å². The molecule has 1 unspecified atom stereocenters. The lowest BCUT2D eigenvalue weighted by molar-refractivity contribution is 0.124. The van der Waals surface area contributed by atoms with E-state index in [0.717, 1.165) is 18.8 Å². The average molecular weight is 218 g/mol. The van der Waals surface area contributed by atoms with Gasteiger partial charge in [-0.3, -0.25) is 4.90 Å². The Labute approximate surface area is 89.3 Å². The first-order chi connectivity index (χ1) is 6.76. The number of furan rings is 1. The van der Waals surface area contributed by atoms with Crippen LogP contribution >= 0.6 is 11.6 Å². The molecule has 1 atom stereocenters. The van der Waals surface area contributed by atoms with Gasteiger partial charge in [0, 0.05) is 12.4 Å². The summed E-state index contributed by atoms with van der Waals surface area (Å²) in [5, 5.41) is 9.38. The summed E-state index contributed by atoms with van der Waals surface area (Å²) >= 11 is 5.53. The second-order valence-electron chi connectivity index (χ2n) is 3.22. The van der Waals surface area contributed by atoms with Gasteiger partial charge in [0.2, 0.25) is 0 Å². The first-order valence-corrected chi connectivity index (χ1v) is 5.28. The van der Waals surface area contributed by atoms with E-state index in [0.29, 0.717) is 6.54 Å². The third-order valence-electron chi connectivity index (χ3n) is 2.05. The zero-order valence-electron chi connectivity index (χ0n) is 8.32. The molecule has 0 aliphatic carbocycles. The fourth-order valence-electron chi connectivity index (χ4n) is 1.28.